The number of nitriles is 1. The third kappa shape index (κ3) is 3.24. The summed E-state index contributed by atoms with van der Waals surface area (Å²) in [4.78, 5) is 15.8. The van der Waals surface area contributed by atoms with Crippen molar-refractivity contribution in [1.82, 2.24) is 0 Å². The van der Waals surface area contributed by atoms with Gasteiger partial charge in [-0.2, -0.15) is 5.26 Å². The second-order valence-electron chi connectivity index (χ2n) is 6.43. The molecule has 0 radical (unpaired) electrons. The standard InChI is InChI=1S/C20H15BrIN3OS/c21-17-9-8-16(27-17)18-13(10-23)20(24)25(12-6-4-11(22)5-7-12)14-2-1-3-15(26)19(14)18/h4-9,18H,1-3,24H2. The third-order valence-electron chi connectivity index (χ3n) is 4.88. The summed E-state index contributed by atoms with van der Waals surface area (Å²) in [7, 11) is 0. The Labute approximate surface area is 183 Å². The van der Waals surface area contributed by atoms with Gasteiger partial charge in [0.2, 0.25) is 0 Å². The van der Waals surface area contributed by atoms with E-state index in [0.717, 1.165) is 42.0 Å². The number of Topliss-reactive ketones (excluding diaryl/α,β-unsaturated/α-hetero) is 1. The molecule has 7 heteroatoms. The number of rotatable bonds is 2. The first kappa shape index (κ1) is 18.7. The van der Waals surface area contributed by atoms with Crippen molar-refractivity contribution in [3.8, 4) is 6.07 Å². The molecule has 1 atom stereocenters. The van der Waals surface area contributed by atoms with Crippen LogP contribution in [0.2, 0.25) is 0 Å². The van der Waals surface area contributed by atoms with Gasteiger partial charge in [-0.25, -0.2) is 0 Å². The highest BCUT2D eigenvalue weighted by Gasteiger charge is 2.40. The van der Waals surface area contributed by atoms with Crippen molar-refractivity contribution in [2.24, 2.45) is 5.73 Å². The normalized spacial score (nSPS) is 20.0. The number of allylic oxidation sites excluding steroid dienone is 3. The molecule has 0 amide bonds. The minimum Gasteiger partial charge on any atom is -0.384 e. The molecule has 2 heterocycles. The highest BCUT2D eigenvalue weighted by atomic mass is 127. The van der Waals surface area contributed by atoms with E-state index in [4.69, 9.17) is 5.73 Å². The quantitative estimate of drug-likeness (QED) is 0.506. The number of ketones is 1. The summed E-state index contributed by atoms with van der Waals surface area (Å²) in [6.45, 7) is 0. The minimum absolute atomic E-state index is 0.113. The lowest BCUT2D eigenvalue weighted by atomic mass is 9.78. The fourth-order valence-electron chi connectivity index (χ4n) is 3.74. The van der Waals surface area contributed by atoms with Crippen LogP contribution in [0.25, 0.3) is 0 Å². The van der Waals surface area contributed by atoms with Gasteiger partial charge >= 0.3 is 0 Å². The second kappa shape index (κ2) is 7.41. The van der Waals surface area contributed by atoms with Crippen LogP contribution in [-0.2, 0) is 4.79 Å². The van der Waals surface area contributed by atoms with Gasteiger partial charge in [0, 0.05) is 31.8 Å². The van der Waals surface area contributed by atoms with Crippen molar-refractivity contribution in [2.45, 2.75) is 25.2 Å². The van der Waals surface area contributed by atoms with Crippen molar-refractivity contribution in [3.63, 3.8) is 0 Å². The Bertz CT molecular complexity index is 1030. The molecule has 1 aromatic carbocycles. The van der Waals surface area contributed by atoms with E-state index in [2.05, 4.69) is 44.6 Å². The van der Waals surface area contributed by atoms with E-state index in [1.807, 2.05) is 41.3 Å². The molecule has 2 aliphatic rings. The van der Waals surface area contributed by atoms with E-state index >= 15 is 0 Å². The molecule has 4 nitrogen and oxygen atoms in total. The van der Waals surface area contributed by atoms with Crippen LogP contribution in [-0.4, -0.2) is 5.78 Å². The molecule has 2 aromatic rings. The minimum atomic E-state index is -0.380. The van der Waals surface area contributed by atoms with Crippen LogP contribution < -0.4 is 10.6 Å². The van der Waals surface area contributed by atoms with Crippen LogP contribution in [0.5, 0.6) is 0 Å². The van der Waals surface area contributed by atoms with E-state index in [1.54, 1.807) is 11.3 Å². The van der Waals surface area contributed by atoms with E-state index in [0.29, 0.717) is 17.8 Å². The van der Waals surface area contributed by atoms with Gasteiger partial charge in [0.1, 0.15) is 5.82 Å². The number of nitrogens with two attached hydrogens (primary N) is 1. The summed E-state index contributed by atoms with van der Waals surface area (Å²) in [6, 6.07) is 14.2. The van der Waals surface area contributed by atoms with Crippen molar-refractivity contribution in [2.75, 3.05) is 4.90 Å². The molecule has 0 spiro atoms. The molecule has 0 bridgehead atoms. The molecule has 4 rings (SSSR count). The third-order valence-corrected chi connectivity index (χ3v) is 7.28. The predicted octanol–water partition coefficient (Wildman–Crippen LogP) is 5.42. The lowest BCUT2D eigenvalue weighted by Crippen LogP contribution is -2.38. The summed E-state index contributed by atoms with van der Waals surface area (Å²) >= 11 is 7.29. The zero-order valence-electron chi connectivity index (χ0n) is 14.2. The SMILES string of the molecule is N#CC1=C(N)N(c2ccc(I)cc2)C2=C(C(=O)CCC2)C1c1ccc(Br)s1. The molecule has 0 fully saturated rings. The van der Waals surface area contributed by atoms with Gasteiger partial charge < -0.3 is 5.73 Å². The van der Waals surface area contributed by atoms with Gasteiger partial charge in [-0.3, -0.25) is 9.69 Å². The number of hydrogen-bond donors (Lipinski definition) is 1. The summed E-state index contributed by atoms with van der Waals surface area (Å²) in [5.74, 6) is 0.150. The summed E-state index contributed by atoms with van der Waals surface area (Å²) in [5, 5.41) is 9.93. The van der Waals surface area contributed by atoms with Crippen molar-refractivity contribution >= 4 is 61.3 Å². The highest BCUT2D eigenvalue weighted by Crippen LogP contribution is 2.48. The van der Waals surface area contributed by atoms with E-state index in [-0.39, 0.29) is 11.7 Å². The van der Waals surface area contributed by atoms with Crippen LogP contribution in [0.15, 0.2) is 62.8 Å². The number of nitrogens with zero attached hydrogens (tertiary/aromatic N) is 2. The molecule has 0 saturated carbocycles. The average Bonchev–Trinajstić information content (AvgIpc) is 3.08. The molecule has 1 aromatic heterocycles. The fraction of sp³-hybridized carbons (Fsp3) is 0.200. The second-order valence-corrected chi connectivity index (χ2v) is 10.2. The van der Waals surface area contributed by atoms with Gasteiger partial charge in [-0.15, -0.1) is 11.3 Å². The van der Waals surface area contributed by atoms with Crippen LogP contribution >= 0.6 is 49.9 Å². The monoisotopic (exact) mass is 551 g/mol. The first-order valence-electron chi connectivity index (χ1n) is 8.48. The fourth-order valence-corrected chi connectivity index (χ4v) is 5.64. The zero-order valence-corrected chi connectivity index (χ0v) is 18.8. The number of thiophene rings is 1. The molecular weight excluding hydrogens is 537 g/mol. The number of carbonyl (C=O) groups excluding carboxylic acids is 1. The zero-order chi connectivity index (χ0) is 19.1. The van der Waals surface area contributed by atoms with Gasteiger partial charge in [-0.1, -0.05) is 0 Å². The summed E-state index contributed by atoms with van der Waals surface area (Å²) < 4.78 is 2.09. The van der Waals surface area contributed by atoms with Gasteiger partial charge in [-0.05, 0) is 87.8 Å². The topological polar surface area (TPSA) is 70.1 Å². The van der Waals surface area contributed by atoms with E-state index < -0.39 is 0 Å². The Morgan fingerprint density at radius 3 is 2.59 bits per heavy atom. The van der Waals surface area contributed by atoms with Gasteiger partial charge in [0.05, 0.1) is 21.3 Å². The van der Waals surface area contributed by atoms with Crippen molar-refractivity contribution in [3.05, 3.63) is 71.3 Å². The lowest BCUT2D eigenvalue weighted by molar-refractivity contribution is -0.116. The Kier molecular flexibility index (Phi) is 5.14. The maximum Gasteiger partial charge on any atom is 0.161 e. The summed E-state index contributed by atoms with van der Waals surface area (Å²) in [6.07, 6.45) is 2.09. The summed E-state index contributed by atoms with van der Waals surface area (Å²) in [5.41, 5.74) is 9.50. The Morgan fingerprint density at radius 2 is 1.96 bits per heavy atom. The molecule has 1 aliphatic heterocycles. The maximum absolute atomic E-state index is 13.0. The molecule has 0 saturated heterocycles. The molecular formula is C20H15BrIN3OS. The Morgan fingerprint density at radius 1 is 1.22 bits per heavy atom. The molecule has 1 aliphatic carbocycles. The number of carbonyl (C=O) groups is 1. The van der Waals surface area contributed by atoms with Gasteiger partial charge in [0.25, 0.3) is 0 Å². The number of hydrogen-bond acceptors (Lipinski definition) is 5. The smallest absolute Gasteiger partial charge is 0.161 e. The van der Waals surface area contributed by atoms with Crippen LogP contribution in [0.1, 0.15) is 30.1 Å². The molecule has 1 unspecified atom stereocenters. The Hall–Kier alpha value is -1.63. The highest BCUT2D eigenvalue weighted by molar-refractivity contribution is 14.1. The lowest BCUT2D eigenvalue weighted by Gasteiger charge is -2.39. The molecule has 27 heavy (non-hydrogen) atoms. The first-order chi connectivity index (χ1) is 13.0. The van der Waals surface area contributed by atoms with E-state index in [1.165, 1.54) is 0 Å². The average molecular weight is 552 g/mol. The van der Waals surface area contributed by atoms with Crippen molar-refractivity contribution in [1.29, 1.82) is 5.26 Å². The van der Waals surface area contributed by atoms with Crippen molar-refractivity contribution < 1.29 is 4.79 Å². The Balaban J connectivity index is 1.96. The number of anilines is 1. The molecule has 136 valence electrons. The predicted molar refractivity (Wildman–Crippen MR) is 119 cm³/mol. The van der Waals surface area contributed by atoms with Crippen LogP contribution in [0, 0.1) is 14.9 Å². The van der Waals surface area contributed by atoms with E-state index in [9.17, 15) is 10.1 Å². The van der Waals surface area contributed by atoms with Gasteiger partial charge in [0.15, 0.2) is 5.78 Å². The largest absolute Gasteiger partial charge is 0.384 e. The van der Waals surface area contributed by atoms with Crippen LogP contribution in [0.3, 0.4) is 0 Å². The molecule has 2 N–H and O–H groups in total. The number of benzene rings is 1. The maximum atomic E-state index is 13.0. The van der Waals surface area contributed by atoms with Crippen LogP contribution in [0.4, 0.5) is 5.69 Å². The first-order valence-corrected chi connectivity index (χ1v) is 11.2. The number of halogens is 2.